The first kappa shape index (κ1) is 13.5. The summed E-state index contributed by atoms with van der Waals surface area (Å²) in [5.41, 5.74) is -0.147. The molecule has 102 valence electrons. The van der Waals surface area contributed by atoms with Gasteiger partial charge in [-0.1, -0.05) is 0 Å². The lowest BCUT2D eigenvalue weighted by Crippen LogP contribution is -2.44. The standard InChI is InChI=1S/C13H24N4O/c1-12(2)8-10(13(3,4)18-12)14-7-6-11-15-9-17(5)16-11/h9-10,14H,6-8H2,1-5H3. The van der Waals surface area contributed by atoms with Crippen LogP contribution in [0.1, 0.15) is 39.9 Å². The summed E-state index contributed by atoms with van der Waals surface area (Å²) >= 11 is 0. The first-order valence-electron chi connectivity index (χ1n) is 6.57. The quantitative estimate of drug-likeness (QED) is 0.877. The maximum absolute atomic E-state index is 6.06. The Morgan fingerprint density at radius 1 is 1.44 bits per heavy atom. The highest BCUT2D eigenvalue weighted by atomic mass is 16.5. The molecule has 1 aliphatic heterocycles. The molecule has 1 atom stereocenters. The minimum Gasteiger partial charge on any atom is -0.368 e. The van der Waals surface area contributed by atoms with Gasteiger partial charge in [-0.25, -0.2) is 4.98 Å². The lowest BCUT2D eigenvalue weighted by Gasteiger charge is -2.27. The number of nitrogens with one attached hydrogen (secondary N) is 1. The molecule has 18 heavy (non-hydrogen) atoms. The Hall–Kier alpha value is -0.940. The summed E-state index contributed by atoms with van der Waals surface area (Å²) in [5, 5.41) is 7.85. The van der Waals surface area contributed by atoms with E-state index in [2.05, 4.69) is 43.1 Å². The molecule has 1 saturated heterocycles. The van der Waals surface area contributed by atoms with Crippen LogP contribution in [0, 0.1) is 0 Å². The van der Waals surface area contributed by atoms with Gasteiger partial charge in [0.2, 0.25) is 0 Å². The minimum absolute atomic E-state index is 0.0373. The lowest BCUT2D eigenvalue weighted by atomic mass is 9.94. The van der Waals surface area contributed by atoms with Gasteiger partial charge in [0.15, 0.2) is 5.82 Å². The van der Waals surface area contributed by atoms with Crippen LogP contribution in [0.25, 0.3) is 0 Å². The second-order valence-corrected chi connectivity index (χ2v) is 6.26. The van der Waals surface area contributed by atoms with Gasteiger partial charge in [-0.05, 0) is 34.1 Å². The van der Waals surface area contributed by atoms with Gasteiger partial charge in [-0.15, -0.1) is 0 Å². The highest BCUT2D eigenvalue weighted by molar-refractivity contribution is 4.99. The summed E-state index contributed by atoms with van der Waals surface area (Å²) in [6, 6.07) is 0.385. The van der Waals surface area contributed by atoms with Gasteiger partial charge in [0, 0.05) is 26.1 Å². The molecule has 2 heterocycles. The average Bonchev–Trinajstić information content (AvgIpc) is 2.68. The zero-order chi connectivity index (χ0) is 13.4. The van der Waals surface area contributed by atoms with Crippen molar-refractivity contribution in [2.75, 3.05) is 6.54 Å². The Balaban J connectivity index is 1.83. The monoisotopic (exact) mass is 252 g/mol. The minimum atomic E-state index is -0.110. The van der Waals surface area contributed by atoms with Crippen molar-refractivity contribution in [3.05, 3.63) is 12.2 Å². The van der Waals surface area contributed by atoms with Crippen molar-refractivity contribution in [3.63, 3.8) is 0 Å². The fourth-order valence-electron chi connectivity index (χ4n) is 2.74. The maximum Gasteiger partial charge on any atom is 0.151 e. The van der Waals surface area contributed by atoms with E-state index in [0.29, 0.717) is 6.04 Å². The highest BCUT2D eigenvalue weighted by Crippen LogP contribution is 2.37. The molecule has 1 aliphatic rings. The van der Waals surface area contributed by atoms with E-state index in [1.807, 2.05) is 7.05 Å². The largest absolute Gasteiger partial charge is 0.368 e. The van der Waals surface area contributed by atoms with Gasteiger partial charge < -0.3 is 10.1 Å². The third kappa shape index (κ3) is 3.09. The molecule has 0 amide bonds. The van der Waals surface area contributed by atoms with Crippen LogP contribution in [0.3, 0.4) is 0 Å². The van der Waals surface area contributed by atoms with Crippen molar-refractivity contribution >= 4 is 0 Å². The zero-order valence-corrected chi connectivity index (χ0v) is 12.0. The summed E-state index contributed by atoms with van der Waals surface area (Å²) in [7, 11) is 1.89. The summed E-state index contributed by atoms with van der Waals surface area (Å²) in [4.78, 5) is 4.23. The number of rotatable bonds is 4. The van der Waals surface area contributed by atoms with Crippen LogP contribution < -0.4 is 5.32 Å². The SMILES string of the molecule is Cn1cnc(CCNC2CC(C)(C)OC2(C)C)n1. The van der Waals surface area contributed by atoms with Gasteiger partial charge in [0.05, 0.1) is 11.2 Å². The summed E-state index contributed by atoms with van der Waals surface area (Å²) in [6.07, 6.45) is 3.63. The molecule has 0 spiro atoms. The molecule has 1 N–H and O–H groups in total. The molecule has 0 radical (unpaired) electrons. The molecule has 1 aromatic heterocycles. The second-order valence-electron chi connectivity index (χ2n) is 6.26. The summed E-state index contributed by atoms with van der Waals surface area (Å²) < 4.78 is 7.79. The van der Waals surface area contributed by atoms with Gasteiger partial charge in [-0.3, -0.25) is 4.68 Å². The number of hydrogen-bond acceptors (Lipinski definition) is 4. The second kappa shape index (κ2) is 4.63. The van der Waals surface area contributed by atoms with Gasteiger partial charge in [0.1, 0.15) is 6.33 Å². The number of aromatic nitrogens is 3. The van der Waals surface area contributed by atoms with Crippen molar-refractivity contribution in [1.29, 1.82) is 0 Å². The summed E-state index contributed by atoms with van der Waals surface area (Å²) in [6.45, 7) is 9.49. The topological polar surface area (TPSA) is 52.0 Å². The number of hydrogen-bond donors (Lipinski definition) is 1. The van der Waals surface area contributed by atoms with E-state index in [0.717, 1.165) is 25.2 Å². The van der Waals surface area contributed by atoms with E-state index in [1.165, 1.54) is 0 Å². The Morgan fingerprint density at radius 2 is 2.17 bits per heavy atom. The van der Waals surface area contributed by atoms with Crippen molar-refractivity contribution in [2.24, 2.45) is 7.05 Å². The van der Waals surface area contributed by atoms with E-state index in [9.17, 15) is 0 Å². The van der Waals surface area contributed by atoms with Crippen LogP contribution in [0.5, 0.6) is 0 Å². The predicted molar refractivity (Wildman–Crippen MR) is 70.4 cm³/mol. The molecule has 0 bridgehead atoms. The zero-order valence-electron chi connectivity index (χ0n) is 12.0. The van der Waals surface area contributed by atoms with E-state index in [1.54, 1.807) is 11.0 Å². The number of ether oxygens (including phenoxy) is 1. The van der Waals surface area contributed by atoms with Crippen LogP contribution in [-0.2, 0) is 18.2 Å². The van der Waals surface area contributed by atoms with Gasteiger partial charge in [-0.2, -0.15) is 5.10 Å². The lowest BCUT2D eigenvalue weighted by molar-refractivity contribution is -0.0697. The van der Waals surface area contributed by atoms with Crippen LogP contribution in [0.4, 0.5) is 0 Å². The maximum atomic E-state index is 6.06. The van der Waals surface area contributed by atoms with Crippen molar-refractivity contribution in [2.45, 2.75) is 57.8 Å². The first-order chi connectivity index (χ1) is 8.28. The normalized spacial score (nSPS) is 25.5. The fourth-order valence-corrected chi connectivity index (χ4v) is 2.74. The van der Waals surface area contributed by atoms with E-state index >= 15 is 0 Å². The molecule has 1 fully saturated rings. The van der Waals surface area contributed by atoms with Crippen LogP contribution in [0.15, 0.2) is 6.33 Å². The van der Waals surface area contributed by atoms with Crippen molar-refractivity contribution in [3.8, 4) is 0 Å². The van der Waals surface area contributed by atoms with E-state index in [4.69, 9.17) is 4.74 Å². The fraction of sp³-hybridized carbons (Fsp3) is 0.846. The molecule has 1 unspecified atom stereocenters. The van der Waals surface area contributed by atoms with Gasteiger partial charge in [0.25, 0.3) is 0 Å². The van der Waals surface area contributed by atoms with E-state index in [-0.39, 0.29) is 11.2 Å². The molecule has 2 rings (SSSR count). The van der Waals surface area contributed by atoms with Crippen LogP contribution >= 0.6 is 0 Å². The molecule has 1 aromatic rings. The third-order valence-corrected chi connectivity index (χ3v) is 3.46. The van der Waals surface area contributed by atoms with E-state index < -0.39 is 0 Å². The predicted octanol–water partition coefficient (Wildman–Crippen LogP) is 1.29. The number of aryl methyl sites for hydroxylation is 1. The Labute approximate surface area is 109 Å². The Morgan fingerprint density at radius 3 is 2.67 bits per heavy atom. The van der Waals surface area contributed by atoms with Gasteiger partial charge >= 0.3 is 0 Å². The summed E-state index contributed by atoms with van der Waals surface area (Å²) in [5.74, 6) is 0.890. The molecule has 5 nitrogen and oxygen atoms in total. The first-order valence-corrected chi connectivity index (χ1v) is 6.57. The van der Waals surface area contributed by atoms with Crippen molar-refractivity contribution < 1.29 is 4.74 Å². The third-order valence-electron chi connectivity index (χ3n) is 3.46. The van der Waals surface area contributed by atoms with Crippen LogP contribution in [-0.4, -0.2) is 38.6 Å². The van der Waals surface area contributed by atoms with Crippen molar-refractivity contribution in [1.82, 2.24) is 20.1 Å². The molecule has 0 aromatic carbocycles. The molecule has 0 aliphatic carbocycles. The smallest absolute Gasteiger partial charge is 0.151 e. The van der Waals surface area contributed by atoms with Crippen LogP contribution in [0.2, 0.25) is 0 Å². The molecular formula is C13H24N4O. The molecule has 5 heteroatoms. The highest BCUT2D eigenvalue weighted by Gasteiger charge is 2.45. The Kier molecular flexibility index (Phi) is 3.47. The molecule has 0 saturated carbocycles. The average molecular weight is 252 g/mol. The Bertz CT molecular complexity index is 411. The number of nitrogens with zero attached hydrogens (tertiary/aromatic N) is 3. The molecular weight excluding hydrogens is 228 g/mol.